The van der Waals surface area contributed by atoms with Gasteiger partial charge in [0, 0.05) is 47.3 Å². The van der Waals surface area contributed by atoms with Crippen LogP contribution >= 0.6 is 11.8 Å². The minimum absolute atomic E-state index is 0.111. The topological polar surface area (TPSA) is 58.1 Å². The highest BCUT2D eigenvalue weighted by molar-refractivity contribution is 7.99. The molecule has 1 aromatic heterocycles. The van der Waals surface area contributed by atoms with Crippen LogP contribution in [0.25, 0.3) is 0 Å². The van der Waals surface area contributed by atoms with Crippen LogP contribution in [0.5, 0.6) is 0 Å². The van der Waals surface area contributed by atoms with E-state index >= 15 is 0 Å². The Morgan fingerprint density at radius 3 is 2.45 bits per heavy atom. The van der Waals surface area contributed by atoms with Crippen molar-refractivity contribution in [1.82, 2.24) is 9.97 Å². The van der Waals surface area contributed by atoms with E-state index in [1.165, 1.54) is 22.9 Å². The number of anilines is 2. The van der Waals surface area contributed by atoms with Crippen molar-refractivity contribution >= 4 is 29.0 Å². The van der Waals surface area contributed by atoms with Gasteiger partial charge in [-0.05, 0) is 90.3 Å². The van der Waals surface area contributed by atoms with Crippen molar-refractivity contribution in [3.05, 3.63) is 107 Å². The first kappa shape index (κ1) is 21.2. The van der Waals surface area contributed by atoms with Gasteiger partial charge < -0.3 is 10.2 Å². The lowest BCUT2D eigenvalue weighted by Crippen LogP contribution is -2.30. The van der Waals surface area contributed by atoms with E-state index in [0.717, 1.165) is 41.3 Å². The zero-order valence-corrected chi connectivity index (χ0v) is 19.2. The number of carbonyl (C=O) groups excluding carboxylic acids is 1. The summed E-state index contributed by atoms with van der Waals surface area (Å²) in [4.78, 5) is 24.7. The first-order valence-corrected chi connectivity index (χ1v) is 11.8. The molecule has 0 radical (unpaired) electrons. The minimum atomic E-state index is -0.111. The van der Waals surface area contributed by atoms with Gasteiger partial charge in [0.15, 0.2) is 5.16 Å². The highest BCUT2D eigenvalue weighted by atomic mass is 32.2. The van der Waals surface area contributed by atoms with Gasteiger partial charge >= 0.3 is 0 Å². The summed E-state index contributed by atoms with van der Waals surface area (Å²) in [7, 11) is 0. The third-order valence-corrected chi connectivity index (χ3v) is 6.71. The second kappa shape index (κ2) is 9.46. The van der Waals surface area contributed by atoms with Crippen LogP contribution in [0.15, 0.2) is 95.2 Å². The number of aromatic nitrogens is 2. The summed E-state index contributed by atoms with van der Waals surface area (Å²) in [6, 6.07) is 24.2. The van der Waals surface area contributed by atoms with Crippen molar-refractivity contribution in [3.63, 3.8) is 0 Å². The summed E-state index contributed by atoms with van der Waals surface area (Å²) in [6.07, 6.45) is 4.50. The second-order valence-corrected chi connectivity index (χ2v) is 9.09. The molecule has 0 aliphatic carbocycles. The van der Waals surface area contributed by atoms with Crippen LogP contribution in [0, 0.1) is 6.92 Å². The highest BCUT2D eigenvalue weighted by Crippen LogP contribution is 2.29. The normalized spacial score (nSPS) is 12.8. The Balaban J connectivity index is 1.24. The lowest BCUT2D eigenvalue weighted by atomic mass is 9.99. The molecule has 1 amide bonds. The predicted octanol–water partition coefficient (Wildman–Crippen LogP) is 5.75. The molecule has 0 saturated carbocycles. The van der Waals surface area contributed by atoms with Gasteiger partial charge in [0.05, 0.1) is 0 Å². The number of fused-ring (bicyclic) bond motifs is 1. The Hall–Kier alpha value is -3.64. The van der Waals surface area contributed by atoms with Gasteiger partial charge in [-0.2, -0.15) is 0 Å². The molecular weight excluding hydrogens is 428 g/mol. The molecule has 4 aromatic rings. The van der Waals surface area contributed by atoms with Crippen molar-refractivity contribution in [2.75, 3.05) is 16.8 Å². The number of nitrogens with one attached hydrogen (secondary N) is 1. The van der Waals surface area contributed by atoms with E-state index in [1.54, 1.807) is 18.5 Å². The van der Waals surface area contributed by atoms with E-state index in [-0.39, 0.29) is 5.91 Å². The number of amides is 1. The summed E-state index contributed by atoms with van der Waals surface area (Å²) >= 11 is 1.50. The SMILES string of the molecule is Cc1cc(Sc2ncccn2)ccc1NC(=O)c1ccc(N2CCc3ccccc3C2)cc1. The average Bonchev–Trinajstić information content (AvgIpc) is 2.86. The molecule has 1 aliphatic heterocycles. The first-order chi connectivity index (χ1) is 16.2. The summed E-state index contributed by atoms with van der Waals surface area (Å²) in [6.45, 7) is 3.88. The third-order valence-electron chi connectivity index (χ3n) is 5.82. The van der Waals surface area contributed by atoms with Gasteiger partial charge in [0.2, 0.25) is 0 Å². The Bertz CT molecular complexity index is 1280. The molecule has 2 heterocycles. The smallest absolute Gasteiger partial charge is 0.255 e. The molecule has 0 fully saturated rings. The van der Waals surface area contributed by atoms with Crippen LogP contribution in [0.4, 0.5) is 11.4 Å². The van der Waals surface area contributed by atoms with E-state index in [9.17, 15) is 4.79 Å². The number of aryl methyl sites for hydroxylation is 1. The van der Waals surface area contributed by atoms with Crippen molar-refractivity contribution in [2.45, 2.75) is 29.9 Å². The molecule has 0 atom stereocenters. The minimum Gasteiger partial charge on any atom is -0.367 e. The maximum absolute atomic E-state index is 12.8. The van der Waals surface area contributed by atoms with Crippen molar-refractivity contribution in [2.24, 2.45) is 0 Å². The summed E-state index contributed by atoms with van der Waals surface area (Å²) in [5.74, 6) is -0.111. The molecule has 33 heavy (non-hydrogen) atoms. The molecule has 1 aliphatic rings. The second-order valence-electron chi connectivity index (χ2n) is 8.05. The Labute approximate surface area is 197 Å². The summed E-state index contributed by atoms with van der Waals surface area (Å²) in [5, 5.41) is 3.74. The molecule has 6 heteroatoms. The van der Waals surface area contributed by atoms with Crippen LogP contribution in [0.2, 0.25) is 0 Å². The number of carbonyl (C=O) groups is 1. The molecular formula is C27H24N4OS. The zero-order chi connectivity index (χ0) is 22.6. The van der Waals surface area contributed by atoms with Crippen LogP contribution in [0.3, 0.4) is 0 Å². The Morgan fingerprint density at radius 2 is 1.70 bits per heavy atom. The Kier molecular flexibility index (Phi) is 6.09. The number of hydrogen-bond donors (Lipinski definition) is 1. The van der Waals surface area contributed by atoms with Gasteiger partial charge in [-0.1, -0.05) is 24.3 Å². The third kappa shape index (κ3) is 4.91. The molecule has 0 unspecified atom stereocenters. The fraction of sp³-hybridized carbons (Fsp3) is 0.148. The van der Waals surface area contributed by atoms with E-state index < -0.39 is 0 Å². The molecule has 5 rings (SSSR count). The predicted molar refractivity (Wildman–Crippen MR) is 133 cm³/mol. The fourth-order valence-corrected chi connectivity index (χ4v) is 4.83. The van der Waals surface area contributed by atoms with E-state index in [4.69, 9.17) is 0 Å². The summed E-state index contributed by atoms with van der Waals surface area (Å²) in [5.41, 5.74) is 6.39. The van der Waals surface area contributed by atoms with E-state index in [2.05, 4.69) is 44.5 Å². The molecule has 0 bridgehead atoms. The lowest BCUT2D eigenvalue weighted by molar-refractivity contribution is 0.102. The molecule has 5 nitrogen and oxygen atoms in total. The van der Waals surface area contributed by atoms with Gasteiger partial charge in [-0.3, -0.25) is 4.79 Å². The van der Waals surface area contributed by atoms with Gasteiger partial charge in [-0.25, -0.2) is 9.97 Å². The van der Waals surface area contributed by atoms with E-state index in [1.807, 2.05) is 49.4 Å². The van der Waals surface area contributed by atoms with E-state index in [0.29, 0.717) is 10.7 Å². The first-order valence-electron chi connectivity index (χ1n) is 10.9. The van der Waals surface area contributed by atoms with Gasteiger partial charge in [0.25, 0.3) is 5.91 Å². The lowest BCUT2D eigenvalue weighted by Gasteiger charge is -2.30. The fourth-order valence-electron chi connectivity index (χ4n) is 4.02. The van der Waals surface area contributed by atoms with Crippen molar-refractivity contribution in [3.8, 4) is 0 Å². The van der Waals surface area contributed by atoms with Crippen LogP contribution in [-0.2, 0) is 13.0 Å². The van der Waals surface area contributed by atoms with Gasteiger partial charge in [-0.15, -0.1) is 0 Å². The van der Waals surface area contributed by atoms with Crippen LogP contribution < -0.4 is 10.2 Å². The standard InChI is InChI=1S/C27H24N4OS/c1-19-17-24(33-27-28-14-4-15-29-27)11-12-25(19)30-26(32)21-7-9-23(10-8-21)31-16-13-20-5-2-3-6-22(20)18-31/h2-12,14-15,17H,13,16,18H2,1H3,(H,30,32). The van der Waals surface area contributed by atoms with Crippen molar-refractivity contribution in [1.29, 1.82) is 0 Å². The molecule has 0 spiro atoms. The number of hydrogen-bond acceptors (Lipinski definition) is 5. The Morgan fingerprint density at radius 1 is 0.939 bits per heavy atom. The zero-order valence-electron chi connectivity index (χ0n) is 18.4. The molecule has 164 valence electrons. The monoisotopic (exact) mass is 452 g/mol. The maximum atomic E-state index is 12.8. The summed E-state index contributed by atoms with van der Waals surface area (Å²) < 4.78 is 0. The number of nitrogens with zero attached hydrogens (tertiary/aromatic N) is 3. The van der Waals surface area contributed by atoms with Crippen LogP contribution in [0.1, 0.15) is 27.0 Å². The van der Waals surface area contributed by atoms with Gasteiger partial charge in [0.1, 0.15) is 0 Å². The van der Waals surface area contributed by atoms with Crippen molar-refractivity contribution < 1.29 is 4.79 Å². The molecule has 0 saturated heterocycles. The van der Waals surface area contributed by atoms with Crippen LogP contribution in [-0.4, -0.2) is 22.4 Å². The highest BCUT2D eigenvalue weighted by Gasteiger charge is 2.16. The number of benzene rings is 3. The molecule has 3 aromatic carbocycles. The molecule has 1 N–H and O–H groups in total. The largest absolute Gasteiger partial charge is 0.367 e. The number of rotatable bonds is 5. The maximum Gasteiger partial charge on any atom is 0.255 e. The quantitative estimate of drug-likeness (QED) is 0.391. The average molecular weight is 453 g/mol.